The van der Waals surface area contributed by atoms with Crippen molar-refractivity contribution in [1.82, 2.24) is 4.98 Å². The Kier molecular flexibility index (Phi) is 3.51. The number of hydrogen-bond acceptors (Lipinski definition) is 3. The number of carbonyl (C=O) groups is 1. The lowest BCUT2D eigenvalue weighted by Gasteiger charge is -1.95. The zero-order valence-corrected chi connectivity index (χ0v) is 10.1. The summed E-state index contributed by atoms with van der Waals surface area (Å²) in [5.74, 6) is 0.0297. The molecule has 0 saturated carbocycles. The molecule has 1 aromatic carbocycles. The minimum Gasteiger partial charge on any atom is -0.442 e. The van der Waals surface area contributed by atoms with Crippen LogP contribution in [0.3, 0.4) is 0 Å². The van der Waals surface area contributed by atoms with Gasteiger partial charge < -0.3 is 4.42 Å². The van der Waals surface area contributed by atoms with Gasteiger partial charge in [0.05, 0.1) is 11.0 Å². The van der Waals surface area contributed by atoms with Gasteiger partial charge in [0.1, 0.15) is 6.26 Å². The summed E-state index contributed by atoms with van der Waals surface area (Å²) in [7, 11) is 0. The first-order valence-corrected chi connectivity index (χ1v) is 5.99. The average Bonchev–Trinajstić information content (AvgIpc) is 2.78. The molecule has 1 aromatic heterocycles. The van der Waals surface area contributed by atoms with Crippen LogP contribution in [0.25, 0.3) is 0 Å². The van der Waals surface area contributed by atoms with Crippen molar-refractivity contribution in [1.29, 1.82) is 0 Å². The van der Waals surface area contributed by atoms with Crippen molar-refractivity contribution in [3.05, 3.63) is 53.7 Å². The molecule has 0 radical (unpaired) electrons. The molecule has 3 nitrogen and oxygen atoms in total. The Morgan fingerprint density at radius 2 is 2.06 bits per heavy atom. The van der Waals surface area contributed by atoms with Gasteiger partial charge in [0.15, 0.2) is 0 Å². The standard InChI is InChI=1S/C12H10BrNO2/c13-7-11(15)12-14-10(8-16-12)6-9-4-2-1-3-5-9/h1-5,8H,6-7H2. The maximum Gasteiger partial charge on any atom is 0.264 e. The van der Waals surface area contributed by atoms with E-state index in [0.29, 0.717) is 6.42 Å². The van der Waals surface area contributed by atoms with E-state index in [1.807, 2.05) is 30.3 Å². The van der Waals surface area contributed by atoms with Crippen LogP contribution in [0.15, 0.2) is 41.0 Å². The SMILES string of the molecule is O=C(CBr)c1nc(Cc2ccccc2)co1. The first-order valence-electron chi connectivity index (χ1n) is 4.87. The van der Waals surface area contributed by atoms with Crippen molar-refractivity contribution in [2.24, 2.45) is 0 Å². The van der Waals surface area contributed by atoms with Gasteiger partial charge >= 0.3 is 0 Å². The highest BCUT2D eigenvalue weighted by Gasteiger charge is 2.11. The molecule has 0 atom stereocenters. The van der Waals surface area contributed by atoms with E-state index in [1.165, 1.54) is 6.26 Å². The molecule has 82 valence electrons. The summed E-state index contributed by atoms with van der Waals surface area (Å²) in [5.41, 5.74) is 1.92. The van der Waals surface area contributed by atoms with Crippen LogP contribution in [0, 0.1) is 0 Å². The summed E-state index contributed by atoms with van der Waals surface area (Å²) >= 11 is 3.08. The van der Waals surface area contributed by atoms with Gasteiger partial charge in [-0.1, -0.05) is 46.3 Å². The molecule has 2 aromatic rings. The van der Waals surface area contributed by atoms with E-state index >= 15 is 0 Å². The number of rotatable bonds is 4. The van der Waals surface area contributed by atoms with E-state index in [-0.39, 0.29) is 17.0 Å². The monoisotopic (exact) mass is 279 g/mol. The number of ketones is 1. The molecule has 0 amide bonds. The van der Waals surface area contributed by atoms with Gasteiger partial charge in [-0.2, -0.15) is 0 Å². The Morgan fingerprint density at radius 1 is 1.31 bits per heavy atom. The number of oxazole rings is 1. The van der Waals surface area contributed by atoms with E-state index < -0.39 is 0 Å². The Balaban J connectivity index is 2.12. The normalized spacial score (nSPS) is 10.3. The Labute approximate surface area is 102 Å². The number of benzene rings is 1. The van der Waals surface area contributed by atoms with Gasteiger partial charge in [-0.3, -0.25) is 4.79 Å². The lowest BCUT2D eigenvalue weighted by molar-refractivity contribution is 0.0987. The maximum atomic E-state index is 11.3. The van der Waals surface area contributed by atoms with Crippen LogP contribution in [0.5, 0.6) is 0 Å². The van der Waals surface area contributed by atoms with Crippen LogP contribution in [0.1, 0.15) is 21.9 Å². The highest BCUT2D eigenvalue weighted by atomic mass is 79.9. The van der Waals surface area contributed by atoms with Gasteiger partial charge in [-0.25, -0.2) is 4.98 Å². The van der Waals surface area contributed by atoms with Gasteiger partial charge in [0.25, 0.3) is 5.89 Å². The van der Waals surface area contributed by atoms with Crippen molar-refractivity contribution >= 4 is 21.7 Å². The lowest BCUT2D eigenvalue weighted by atomic mass is 10.1. The Morgan fingerprint density at radius 3 is 2.75 bits per heavy atom. The highest BCUT2D eigenvalue weighted by molar-refractivity contribution is 9.09. The predicted octanol–water partition coefficient (Wildman–Crippen LogP) is 2.84. The maximum absolute atomic E-state index is 11.3. The summed E-state index contributed by atoms with van der Waals surface area (Å²) < 4.78 is 5.10. The van der Waals surface area contributed by atoms with E-state index in [9.17, 15) is 4.79 Å². The molecule has 2 rings (SSSR count). The molecular weight excluding hydrogens is 270 g/mol. The smallest absolute Gasteiger partial charge is 0.264 e. The Bertz CT molecular complexity index is 479. The molecular formula is C12H10BrNO2. The zero-order valence-electron chi connectivity index (χ0n) is 8.52. The van der Waals surface area contributed by atoms with Crippen molar-refractivity contribution in [2.75, 3.05) is 5.33 Å². The first kappa shape index (κ1) is 11.1. The highest BCUT2D eigenvalue weighted by Crippen LogP contribution is 2.10. The van der Waals surface area contributed by atoms with Crippen molar-refractivity contribution < 1.29 is 9.21 Å². The molecule has 0 fully saturated rings. The summed E-state index contributed by atoms with van der Waals surface area (Å²) in [6, 6.07) is 9.94. The molecule has 0 aliphatic carbocycles. The second kappa shape index (κ2) is 5.07. The number of Topliss-reactive ketones (excluding diaryl/α,β-unsaturated/α-hetero) is 1. The molecule has 0 N–H and O–H groups in total. The van der Waals surface area contributed by atoms with Crippen molar-refractivity contribution in [3.8, 4) is 0 Å². The van der Waals surface area contributed by atoms with Crippen LogP contribution >= 0.6 is 15.9 Å². The third kappa shape index (κ3) is 2.58. The molecule has 0 saturated heterocycles. The third-order valence-corrected chi connectivity index (χ3v) is 2.65. The minimum absolute atomic E-state index is 0.140. The van der Waals surface area contributed by atoms with Crippen LogP contribution < -0.4 is 0 Å². The molecule has 1 heterocycles. The first-order chi connectivity index (χ1) is 7.79. The summed E-state index contributed by atoms with van der Waals surface area (Å²) in [4.78, 5) is 15.4. The fourth-order valence-electron chi connectivity index (χ4n) is 1.38. The molecule has 0 aliphatic heterocycles. The molecule has 16 heavy (non-hydrogen) atoms. The number of carbonyl (C=O) groups excluding carboxylic acids is 1. The molecule has 0 spiro atoms. The van der Waals surface area contributed by atoms with Crippen molar-refractivity contribution in [2.45, 2.75) is 6.42 Å². The lowest BCUT2D eigenvalue weighted by Crippen LogP contribution is -2.00. The van der Waals surface area contributed by atoms with Crippen molar-refractivity contribution in [3.63, 3.8) is 0 Å². The summed E-state index contributed by atoms with van der Waals surface area (Å²) in [6.07, 6.45) is 2.21. The van der Waals surface area contributed by atoms with Gasteiger partial charge in [-0.15, -0.1) is 0 Å². The summed E-state index contributed by atoms with van der Waals surface area (Å²) in [5, 5.41) is 0.234. The van der Waals surface area contributed by atoms with Crippen LogP contribution in [0.2, 0.25) is 0 Å². The Hall–Kier alpha value is -1.42. The van der Waals surface area contributed by atoms with Gasteiger partial charge in [0, 0.05) is 6.42 Å². The van der Waals surface area contributed by atoms with E-state index in [0.717, 1.165) is 11.3 Å². The van der Waals surface area contributed by atoms with E-state index in [2.05, 4.69) is 20.9 Å². The van der Waals surface area contributed by atoms with Gasteiger partial charge in [-0.05, 0) is 5.56 Å². The fourth-order valence-corrected chi connectivity index (χ4v) is 1.62. The largest absolute Gasteiger partial charge is 0.442 e. The van der Waals surface area contributed by atoms with Crippen LogP contribution in [-0.2, 0) is 6.42 Å². The van der Waals surface area contributed by atoms with E-state index in [1.54, 1.807) is 0 Å². The molecule has 4 heteroatoms. The molecule has 0 unspecified atom stereocenters. The zero-order chi connectivity index (χ0) is 11.4. The van der Waals surface area contributed by atoms with E-state index in [4.69, 9.17) is 4.42 Å². The minimum atomic E-state index is -0.140. The number of nitrogens with zero attached hydrogens (tertiary/aromatic N) is 1. The van der Waals surface area contributed by atoms with Crippen LogP contribution in [-0.4, -0.2) is 16.1 Å². The fraction of sp³-hybridized carbons (Fsp3) is 0.167. The average molecular weight is 280 g/mol. The number of halogens is 1. The number of hydrogen-bond donors (Lipinski definition) is 0. The molecule has 0 aliphatic rings. The third-order valence-electron chi connectivity index (χ3n) is 2.14. The second-order valence-electron chi connectivity index (χ2n) is 3.36. The molecule has 0 bridgehead atoms. The number of alkyl halides is 1. The van der Waals surface area contributed by atoms with Crippen LogP contribution in [0.4, 0.5) is 0 Å². The topological polar surface area (TPSA) is 43.1 Å². The van der Waals surface area contributed by atoms with Gasteiger partial charge in [0.2, 0.25) is 5.78 Å². The second-order valence-corrected chi connectivity index (χ2v) is 3.92. The quantitative estimate of drug-likeness (QED) is 0.639. The predicted molar refractivity (Wildman–Crippen MR) is 63.9 cm³/mol. The number of aromatic nitrogens is 1. The summed E-state index contributed by atoms with van der Waals surface area (Å²) in [6.45, 7) is 0.